The van der Waals surface area contributed by atoms with Crippen LogP contribution in [0.1, 0.15) is 13.3 Å². The van der Waals surface area contributed by atoms with Gasteiger partial charge in [0.2, 0.25) is 0 Å². The van der Waals surface area contributed by atoms with Crippen LogP contribution in [-0.2, 0) is 0 Å². The molecule has 0 fully saturated rings. The van der Waals surface area contributed by atoms with Crippen molar-refractivity contribution in [1.82, 2.24) is 0 Å². The van der Waals surface area contributed by atoms with Crippen molar-refractivity contribution in [2.45, 2.75) is 19.4 Å². The van der Waals surface area contributed by atoms with Gasteiger partial charge in [-0.25, -0.2) is 4.39 Å². The second kappa shape index (κ2) is 4.82. The van der Waals surface area contributed by atoms with E-state index in [1.165, 1.54) is 12.1 Å². The molecule has 0 aliphatic carbocycles. The van der Waals surface area contributed by atoms with Crippen molar-refractivity contribution in [1.29, 1.82) is 0 Å². The van der Waals surface area contributed by atoms with Gasteiger partial charge in [0.05, 0.1) is 12.7 Å². The molecule has 0 spiro atoms. The molecule has 72 valence electrons. The lowest BCUT2D eigenvalue weighted by Gasteiger charge is -2.07. The Balaban J connectivity index is 2.37. The topological polar surface area (TPSA) is 29.5 Å². The number of halogens is 1. The Kier molecular flexibility index (Phi) is 3.71. The first-order valence-corrected chi connectivity index (χ1v) is 4.25. The number of hydrogen-bond acceptors (Lipinski definition) is 2. The summed E-state index contributed by atoms with van der Waals surface area (Å²) in [7, 11) is 0. The van der Waals surface area contributed by atoms with Crippen molar-refractivity contribution >= 4 is 0 Å². The lowest BCUT2D eigenvalue weighted by Crippen LogP contribution is -2.07. The van der Waals surface area contributed by atoms with Crippen LogP contribution in [0.2, 0.25) is 0 Å². The van der Waals surface area contributed by atoms with Crippen molar-refractivity contribution < 1.29 is 14.2 Å². The zero-order valence-electron chi connectivity index (χ0n) is 7.53. The Labute approximate surface area is 77.0 Å². The summed E-state index contributed by atoms with van der Waals surface area (Å²) in [6, 6.07) is 5.96. The fourth-order valence-electron chi connectivity index (χ4n) is 0.904. The van der Waals surface area contributed by atoms with Gasteiger partial charge in [0.1, 0.15) is 11.6 Å². The van der Waals surface area contributed by atoms with E-state index in [2.05, 4.69) is 0 Å². The molecule has 1 unspecified atom stereocenters. The van der Waals surface area contributed by atoms with Gasteiger partial charge < -0.3 is 9.84 Å². The zero-order chi connectivity index (χ0) is 9.68. The number of aliphatic hydroxyl groups is 1. The van der Waals surface area contributed by atoms with Crippen LogP contribution in [0.15, 0.2) is 24.3 Å². The molecule has 1 atom stereocenters. The average Bonchev–Trinajstić information content (AvgIpc) is 2.03. The monoisotopic (exact) mass is 184 g/mol. The molecule has 0 saturated heterocycles. The Bertz CT molecular complexity index is 261. The van der Waals surface area contributed by atoms with E-state index < -0.39 is 0 Å². The van der Waals surface area contributed by atoms with E-state index in [4.69, 9.17) is 9.84 Å². The maximum absolute atomic E-state index is 12.6. The molecule has 0 aliphatic heterocycles. The predicted octanol–water partition coefficient (Wildman–Crippen LogP) is 1.98. The van der Waals surface area contributed by atoms with Gasteiger partial charge in [-0.1, -0.05) is 6.07 Å². The van der Waals surface area contributed by atoms with E-state index in [0.717, 1.165) is 0 Å². The van der Waals surface area contributed by atoms with Gasteiger partial charge in [-0.3, -0.25) is 0 Å². The van der Waals surface area contributed by atoms with Crippen molar-refractivity contribution in [3.63, 3.8) is 0 Å². The van der Waals surface area contributed by atoms with Crippen LogP contribution in [-0.4, -0.2) is 17.8 Å². The summed E-state index contributed by atoms with van der Waals surface area (Å²) in [6.07, 6.45) is 0.171. The van der Waals surface area contributed by atoms with Crippen LogP contribution in [0.25, 0.3) is 0 Å². The normalized spacial score (nSPS) is 12.5. The number of ether oxygens (including phenoxy) is 1. The van der Waals surface area contributed by atoms with Crippen LogP contribution in [0.5, 0.6) is 5.75 Å². The zero-order valence-corrected chi connectivity index (χ0v) is 7.53. The summed E-state index contributed by atoms with van der Waals surface area (Å²) in [6.45, 7) is 2.09. The summed E-state index contributed by atoms with van der Waals surface area (Å²) >= 11 is 0. The highest BCUT2D eigenvalue weighted by Crippen LogP contribution is 2.12. The van der Waals surface area contributed by atoms with Crippen molar-refractivity contribution in [2.24, 2.45) is 0 Å². The Morgan fingerprint density at radius 2 is 2.31 bits per heavy atom. The molecule has 0 aliphatic rings. The molecule has 2 nitrogen and oxygen atoms in total. The molecule has 1 rings (SSSR count). The first kappa shape index (κ1) is 9.99. The fraction of sp³-hybridized carbons (Fsp3) is 0.400. The van der Waals surface area contributed by atoms with Gasteiger partial charge in [-0.15, -0.1) is 0 Å². The molecule has 1 aromatic carbocycles. The quantitative estimate of drug-likeness (QED) is 0.775. The van der Waals surface area contributed by atoms with Crippen LogP contribution in [0.3, 0.4) is 0 Å². The maximum atomic E-state index is 12.6. The highest BCUT2D eigenvalue weighted by atomic mass is 19.1. The fourth-order valence-corrected chi connectivity index (χ4v) is 0.904. The molecule has 0 amide bonds. The van der Waals surface area contributed by atoms with E-state index in [1.54, 1.807) is 19.1 Å². The largest absolute Gasteiger partial charge is 0.493 e. The van der Waals surface area contributed by atoms with Crippen LogP contribution in [0, 0.1) is 5.82 Å². The molecule has 13 heavy (non-hydrogen) atoms. The molecule has 1 N–H and O–H groups in total. The van der Waals surface area contributed by atoms with E-state index in [9.17, 15) is 4.39 Å². The third kappa shape index (κ3) is 3.90. The van der Waals surface area contributed by atoms with Crippen molar-refractivity contribution in [3.05, 3.63) is 30.1 Å². The lowest BCUT2D eigenvalue weighted by molar-refractivity contribution is 0.155. The Morgan fingerprint density at radius 3 is 2.92 bits per heavy atom. The highest BCUT2D eigenvalue weighted by molar-refractivity contribution is 5.22. The standard InChI is InChI=1S/C10H13FO2/c1-8(12)5-6-13-10-4-2-3-9(11)7-10/h2-4,7-8,12H,5-6H2,1H3. The smallest absolute Gasteiger partial charge is 0.126 e. The minimum absolute atomic E-state index is 0.311. The van der Waals surface area contributed by atoms with Gasteiger partial charge in [0.25, 0.3) is 0 Å². The van der Waals surface area contributed by atoms with E-state index >= 15 is 0 Å². The molecule has 3 heteroatoms. The Hall–Kier alpha value is -1.09. The summed E-state index contributed by atoms with van der Waals surface area (Å²) < 4.78 is 17.8. The molecule has 0 aromatic heterocycles. The van der Waals surface area contributed by atoms with Gasteiger partial charge in [-0.05, 0) is 19.1 Å². The molecule has 1 aromatic rings. The van der Waals surface area contributed by atoms with Crippen LogP contribution < -0.4 is 4.74 Å². The van der Waals surface area contributed by atoms with Gasteiger partial charge in [0.15, 0.2) is 0 Å². The first-order chi connectivity index (χ1) is 6.18. The van der Waals surface area contributed by atoms with E-state index in [1.807, 2.05) is 0 Å². The number of hydrogen-bond donors (Lipinski definition) is 1. The van der Waals surface area contributed by atoms with Crippen LogP contribution >= 0.6 is 0 Å². The van der Waals surface area contributed by atoms with E-state index in [-0.39, 0.29) is 11.9 Å². The third-order valence-electron chi connectivity index (χ3n) is 1.60. The van der Waals surface area contributed by atoms with Crippen LogP contribution in [0.4, 0.5) is 4.39 Å². The van der Waals surface area contributed by atoms with Crippen molar-refractivity contribution in [3.8, 4) is 5.75 Å². The number of benzene rings is 1. The predicted molar refractivity (Wildman–Crippen MR) is 48.2 cm³/mol. The molecular formula is C10H13FO2. The molecule has 0 radical (unpaired) electrons. The van der Waals surface area contributed by atoms with Gasteiger partial charge >= 0.3 is 0 Å². The minimum atomic E-state index is -0.381. The average molecular weight is 184 g/mol. The second-order valence-electron chi connectivity index (χ2n) is 2.94. The first-order valence-electron chi connectivity index (χ1n) is 4.25. The van der Waals surface area contributed by atoms with Gasteiger partial charge in [-0.2, -0.15) is 0 Å². The Morgan fingerprint density at radius 1 is 1.54 bits per heavy atom. The molecule has 0 heterocycles. The van der Waals surface area contributed by atoms with Gasteiger partial charge in [0, 0.05) is 12.5 Å². The number of aliphatic hydroxyl groups excluding tert-OH is 1. The molecular weight excluding hydrogens is 171 g/mol. The second-order valence-corrected chi connectivity index (χ2v) is 2.94. The lowest BCUT2D eigenvalue weighted by atomic mass is 10.3. The number of rotatable bonds is 4. The van der Waals surface area contributed by atoms with Crippen molar-refractivity contribution in [2.75, 3.05) is 6.61 Å². The summed E-state index contributed by atoms with van der Waals surface area (Å²) in [5, 5.41) is 8.93. The minimum Gasteiger partial charge on any atom is -0.493 e. The summed E-state index contributed by atoms with van der Waals surface area (Å²) in [5.41, 5.74) is 0. The summed E-state index contributed by atoms with van der Waals surface area (Å²) in [5.74, 6) is 0.190. The molecule has 0 saturated carbocycles. The molecule has 0 bridgehead atoms. The summed E-state index contributed by atoms with van der Waals surface area (Å²) in [4.78, 5) is 0. The maximum Gasteiger partial charge on any atom is 0.126 e. The SMILES string of the molecule is CC(O)CCOc1cccc(F)c1. The highest BCUT2D eigenvalue weighted by Gasteiger charge is 1.98. The third-order valence-corrected chi connectivity index (χ3v) is 1.60. The van der Waals surface area contributed by atoms with E-state index in [0.29, 0.717) is 18.8 Å².